The topological polar surface area (TPSA) is 49.5 Å². The molecule has 0 aliphatic carbocycles. The Bertz CT molecular complexity index is 628. The zero-order chi connectivity index (χ0) is 16.9. The summed E-state index contributed by atoms with van der Waals surface area (Å²) >= 11 is 0. The van der Waals surface area contributed by atoms with Gasteiger partial charge in [0.25, 0.3) is 0 Å². The van der Waals surface area contributed by atoms with Crippen LogP contribution in [0.3, 0.4) is 0 Å². The number of nitrogens with zero attached hydrogens (tertiary/aromatic N) is 1. The van der Waals surface area contributed by atoms with Gasteiger partial charge < -0.3 is 10.8 Å². The minimum absolute atomic E-state index is 0.322. The summed E-state index contributed by atoms with van der Waals surface area (Å²) in [5, 5.41) is 9.48. The third-order valence-electron chi connectivity index (χ3n) is 5.30. The first-order valence-corrected chi connectivity index (χ1v) is 8.92. The molecule has 0 bridgehead atoms. The highest BCUT2D eigenvalue weighted by atomic mass is 16.3. The number of likely N-dealkylation sites (tertiary alicyclic amines) is 1. The van der Waals surface area contributed by atoms with E-state index >= 15 is 0 Å². The molecule has 1 saturated heterocycles. The molecule has 1 atom stereocenters. The summed E-state index contributed by atoms with van der Waals surface area (Å²) in [6.45, 7) is 6.11. The van der Waals surface area contributed by atoms with Crippen molar-refractivity contribution < 1.29 is 5.11 Å². The molecule has 3 N–H and O–H groups in total. The SMILES string of the molecule is Cc1ccc(CN2CCC(C(CN)c3ccc(O)cc3)CC2)cc1. The molecule has 128 valence electrons. The smallest absolute Gasteiger partial charge is 0.115 e. The Morgan fingerprint density at radius 1 is 1.04 bits per heavy atom. The molecule has 0 amide bonds. The molecule has 1 aliphatic heterocycles. The maximum atomic E-state index is 9.48. The Kier molecular flexibility index (Phi) is 5.54. The zero-order valence-corrected chi connectivity index (χ0v) is 14.5. The van der Waals surface area contributed by atoms with Gasteiger partial charge in [0.05, 0.1) is 0 Å². The molecule has 24 heavy (non-hydrogen) atoms. The second kappa shape index (κ2) is 7.82. The highest BCUT2D eigenvalue weighted by Crippen LogP contribution is 2.33. The highest BCUT2D eigenvalue weighted by Gasteiger charge is 2.26. The van der Waals surface area contributed by atoms with Gasteiger partial charge in [-0.15, -0.1) is 0 Å². The first kappa shape index (κ1) is 17.0. The van der Waals surface area contributed by atoms with E-state index in [1.807, 2.05) is 12.1 Å². The van der Waals surface area contributed by atoms with Crippen LogP contribution in [-0.4, -0.2) is 29.6 Å². The quantitative estimate of drug-likeness (QED) is 0.882. The van der Waals surface area contributed by atoms with Crippen LogP contribution in [0.25, 0.3) is 0 Å². The predicted molar refractivity (Wildman–Crippen MR) is 99.1 cm³/mol. The summed E-state index contributed by atoms with van der Waals surface area (Å²) in [4.78, 5) is 2.55. The van der Waals surface area contributed by atoms with Crippen molar-refractivity contribution in [3.8, 4) is 5.75 Å². The van der Waals surface area contributed by atoms with E-state index in [0.29, 0.717) is 24.1 Å². The van der Waals surface area contributed by atoms with Crippen LogP contribution in [0.1, 0.15) is 35.4 Å². The van der Waals surface area contributed by atoms with Crippen LogP contribution in [0.15, 0.2) is 48.5 Å². The first-order valence-electron chi connectivity index (χ1n) is 8.92. The van der Waals surface area contributed by atoms with Gasteiger partial charge in [0.15, 0.2) is 0 Å². The lowest BCUT2D eigenvalue weighted by atomic mass is 9.80. The second-order valence-electron chi connectivity index (χ2n) is 7.03. The van der Waals surface area contributed by atoms with E-state index in [1.165, 1.54) is 29.5 Å². The van der Waals surface area contributed by atoms with E-state index < -0.39 is 0 Å². The number of nitrogens with two attached hydrogens (primary N) is 1. The van der Waals surface area contributed by atoms with Crippen LogP contribution in [0.5, 0.6) is 5.75 Å². The standard InChI is InChI=1S/C21H28N2O/c1-16-2-4-17(5-3-16)15-23-12-10-19(11-13-23)21(14-22)18-6-8-20(24)9-7-18/h2-9,19,21,24H,10-15,22H2,1H3. The summed E-state index contributed by atoms with van der Waals surface area (Å²) < 4.78 is 0. The molecule has 1 fully saturated rings. The van der Waals surface area contributed by atoms with E-state index in [0.717, 1.165) is 19.6 Å². The fourth-order valence-corrected chi connectivity index (χ4v) is 3.79. The summed E-state index contributed by atoms with van der Waals surface area (Å²) in [5.41, 5.74) is 10.0. The summed E-state index contributed by atoms with van der Waals surface area (Å²) in [6, 6.07) is 16.4. The number of rotatable bonds is 5. The van der Waals surface area contributed by atoms with Crippen molar-refractivity contribution in [3.63, 3.8) is 0 Å². The van der Waals surface area contributed by atoms with Gasteiger partial charge in [-0.2, -0.15) is 0 Å². The Hall–Kier alpha value is -1.84. The molecule has 0 aromatic heterocycles. The van der Waals surface area contributed by atoms with Crippen LogP contribution in [0.4, 0.5) is 0 Å². The molecule has 0 radical (unpaired) electrons. The molecular weight excluding hydrogens is 296 g/mol. The zero-order valence-electron chi connectivity index (χ0n) is 14.5. The van der Waals surface area contributed by atoms with Crippen molar-refractivity contribution in [1.29, 1.82) is 0 Å². The third-order valence-corrected chi connectivity index (χ3v) is 5.30. The van der Waals surface area contributed by atoms with Crippen LogP contribution < -0.4 is 5.73 Å². The maximum Gasteiger partial charge on any atom is 0.115 e. The minimum atomic E-state index is 0.322. The monoisotopic (exact) mass is 324 g/mol. The van der Waals surface area contributed by atoms with Gasteiger partial charge in [0, 0.05) is 6.54 Å². The number of hydrogen-bond donors (Lipinski definition) is 2. The highest BCUT2D eigenvalue weighted by molar-refractivity contribution is 5.29. The van der Waals surface area contributed by atoms with Crippen molar-refractivity contribution >= 4 is 0 Å². The molecule has 2 aromatic carbocycles. The van der Waals surface area contributed by atoms with Crippen LogP contribution in [0, 0.1) is 12.8 Å². The lowest BCUT2D eigenvalue weighted by Gasteiger charge is -2.36. The summed E-state index contributed by atoms with van der Waals surface area (Å²) in [5.74, 6) is 1.35. The molecule has 3 nitrogen and oxygen atoms in total. The minimum Gasteiger partial charge on any atom is -0.508 e. The lowest BCUT2D eigenvalue weighted by Crippen LogP contribution is -2.36. The van der Waals surface area contributed by atoms with Gasteiger partial charge in [-0.1, -0.05) is 42.0 Å². The summed E-state index contributed by atoms with van der Waals surface area (Å²) in [6.07, 6.45) is 2.38. The van der Waals surface area contributed by atoms with Gasteiger partial charge in [0.1, 0.15) is 5.75 Å². The summed E-state index contributed by atoms with van der Waals surface area (Å²) in [7, 11) is 0. The average Bonchev–Trinajstić information content (AvgIpc) is 2.61. The Balaban J connectivity index is 1.57. The van der Waals surface area contributed by atoms with E-state index in [1.54, 1.807) is 12.1 Å². The largest absolute Gasteiger partial charge is 0.508 e. The fourth-order valence-electron chi connectivity index (χ4n) is 3.79. The van der Waals surface area contributed by atoms with Crippen LogP contribution in [0.2, 0.25) is 0 Å². The Morgan fingerprint density at radius 3 is 2.25 bits per heavy atom. The number of piperidine rings is 1. The molecule has 0 saturated carbocycles. The van der Waals surface area contributed by atoms with Crippen LogP contribution >= 0.6 is 0 Å². The number of phenolic OH excluding ortho intramolecular Hbond substituents is 1. The van der Waals surface area contributed by atoms with Gasteiger partial charge in [0.2, 0.25) is 0 Å². The van der Waals surface area contributed by atoms with Gasteiger partial charge in [-0.05, 0) is 74.5 Å². The Morgan fingerprint density at radius 2 is 1.67 bits per heavy atom. The number of phenols is 1. The molecule has 1 aliphatic rings. The second-order valence-corrected chi connectivity index (χ2v) is 7.03. The van der Waals surface area contributed by atoms with Crippen molar-refractivity contribution in [3.05, 3.63) is 65.2 Å². The van der Waals surface area contributed by atoms with Gasteiger partial charge in [-0.25, -0.2) is 0 Å². The van der Waals surface area contributed by atoms with Crippen molar-refractivity contribution in [2.24, 2.45) is 11.7 Å². The normalized spacial score (nSPS) is 17.8. The van der Waals surface area contributed by atoms with E-state index in [9.17, 15) is 5.11 Å². The molecule has 2 aromatic rings. The van der Waals surface area contributed by atoms with Gasteiger partial charge in [-0.3, -0.25) is 4.90 Å². The van der Waals surface area contributed by atoms with Gasteiger partial charge >= 0.3 is 0 Å². The third kappa shape index (κ3) is 4.16. The van der Waals surface area contributed by atoms with Crippen molar-refractivity contribution in [2.75, 3.05) is 19.6 Å². The molecule has 1 unspecified atom stereocenters. The molecule has 3 rings (SSSR count). The number of aryl methyl sites for hydroxylation is 1. The van der Waals surface area contributed by atoms with Crippen molar-refractivity contribution in [1.82, 2.24) is 4.90 Å². The molecule has 1 heterocycles. The lowest BCUT2D eigenvalue weighted by molar-refractivity contribution is 0.162. The first-order chi connectivity index (χ1) is 11.7. The van der Waals surface area contributed by atoms with Crippen molar-refractivity contribution in [2.45, 2.75) is 32.2 Å². The fraction of sp³-hybridized carbons (Fsp3) is 0.429. The van der Waals surface area contributed by atoms with E-state index in [4.69, 9.17) is 5.73 Å². The van der Waals surface area contributed by atoms with E-state index in [2.05, 4.69) is 36.1 Å². The predicted octanol–water partition coefficient (Wildman–Crippen LogP) is 3.66. The number of hydrogen-bond acceptors (Lipinski definition) is 3. The molecular formula is C21H28N2O. The Labute approximate surface area is 145 Å². The van der Waals surface area contributed by atoms with E-state index in [-0.39, 0.29) is 0 Å². The number of benzene rings is 2. The van der Waals surface area contributed by atoms with Crippen LogP contribution in [-0.2, 0) is 6.54 Å². The average molecular weight is 324 g/mol. The molecule has 0 spiro atoms. The molecule has 3 heteroatoms. The maximum absolute atomic E-state index is 9.48. The number of aromatic hydroxyl groups is 1.